The standard InChI is InChI=1S/C21H30N4O/c1-5-13-25(14-6-2)19(26)15-22-21-18(7-3)16(4)23-20(24-21)17-11-9-8-10-12-17/h8-12H,5-7,13-15H2,1-4H3,(H,22,23,24). The molecular weight excluding hydrogens is 324 g/mol. The number of aromatic nitrogens is 2. The molecule has 1 amide bonds. The second kappa shape index (κ2) is 9.90. The highest BCUT2D eigenvalue weighted by Gasteiger charge is 2.15. The first-order chi connectivity index (χ1) is 12.6. The Morgan fingerprint density at radius 1 is 1.04 bits per heavy atom. The number of anilines is 1. The third-order valence-corrected chi connectivity index (χ3v) is 4.35. The Kier molecular flexibility index (Phi) is 7.57. The van der Waals surface area contributed by atoms with Crippen LogP contribution < -0.4 is 5.32 Å². The molecule has 1 N–H and O–H groups in total. The third kappa shape index (κ3) is 5.04. The fourth-order valence-corrected chi connectivity index (χ4v) is 3.05. The van der Waals surface area contributed by atoms with Crippen LogP contribution in [-0.4, -0.2) is 40.4 Å². The van der Waals surface area contributed by atoms with Crippen LogP contribution in [0.2, 0.25) is 0 Å². The molecule has 1 heterocycles. The summed E-state index contributed by atoms with van der Waals surface area (Å²) in [5, 5.41) is 3.27. The van der Waals surface area contributed by atoms with E-state index >= 15 is 0 Å². The highest BCUT2D eigenvalue weighted by Crippen LogP contribution is 2.22. The Hall–Kier alpha value is -2.43. The Morgan fingerprint density at radius 2 is 1.69 bits per heavy atom. The number of nitrogens with zero attached hydrogens (tertiary/aromatic N) is 3. The molecule has 2 aromatic rings. The van der Waals surface area contributed by atoms with Gasteiger partial charge in [-0.3, -0.25) is 4.79 Å². The maximum atomic E-state index is 12.6. The zero-order valence-corrected chi connectivity index (χ0v) is 16.4. The molecule has 0 bridgehead atoms. The maximum Gasteiger partial charge on any atom is 0.241 e. The van der Waals surface area contributed by atoms with Crippen LogP contribution in [0.15, 0.2) is 30.3 Å². The van der Waals surface area contributed by atoms with Crippen molar-refractivity contribution in [1.29, 1.82) is 0 Å². The van der Waals surface area contributed by atoms with Crippen molar-refractivity contribution < 1.29 is 4.79 Å². The van der Waals surface area contributed by atoms with E-state index in [1.54, 1.807) is 0 Å². The average molecular weight is 354 g/mol. The molecule has 0 saturated heterocycles. The lowest BCUT2D eigenvalue weighted by Crippen LogP contribution is -2.37. The SMILES string of the molecule is CCCN(CCC)C(=O)CNc1nc(-c2ccccc2)nc(C)c1CC. The van der Waals surface area contributed by atoms with Crippen LogP contribution in [0.4, 0.5) is 5.82 Å². The van der Waals surface area contributed by atoms with Gasteiger partial charge in [-0.25, -0.2) is 9.97 Å². The van der Waals surface area contributed by atoms with Crippen LogP contribution in [0.1, 0.15) is 44.9 Å². The minimum Gasteiger partial charge on any atom is -0.361 e. The second-order valence-electron chi connectivity index (χ2n) is 6.41. The highest BCUT2D eigenvalue weighted by atomic mass is 16.2. The van der Waals surface area contributed by atoms with E-state index < -0.39 is 0 Å². The molecule has 0 aliphatic heterocycles. The lowest BCUT2D eigenvalue weighted by atomic mass is 10.1. The van der Waals surface area contributed by atoms with Gasteiger partial charge in [0.25, 0.3) is 0 Å². The number of amides is 1. The van der Waals surface area contributed by atoms with Crippen molar-refractivity contribution in [3.63, 3.8) is 0 Å². The van der Waals surface area contributed by atoms with Crippen LogP contribution in [0.5, 0.6) is 0 Å². The van der Waals surface area contributed by atoms with Gasteiger partial charge >= 0.3 is 0 Å². The summed E-state index contributed by atoms with van der Waals surface area (Å²) >= 11 is 0. The van der Waals surface area contributed by atoms with Crippen molar-refractivity contribution >= 4 is 11.7 Å². The third-order valence-electron chi connectivity index (χ3n) is 4.35. The van der Waals surface area contributed by atoms with Crippen LogP contribution in [-0.2, 0) is 11.2 Å². The van der Waals surface area contributed by atoms with E-state index in [9.17, 15) is 4.79 Å². The van der Waals surface area contributed by atoms with Crippen molar-refractivity contribution in [3.05, 3.63) is 41.6 Å². The number of rotatable bonds is 9. The molecular formula is C21H30N4O. The van der Waals surface area contributed by atoms with Gasteiger partial charge in [0.15, 0.2) is 5.82 Å². The summed E-state index contributed by atoms with van der Waals surface area (Å²) in [6, 6.07) is 9.93. The van der Waals surface area contributed by atoms with Crippen LogP contribution in [0, 0.1) is 6.92 Å². The summed E-state index contributed by atoms with van der Waals surface area (Å²) in [5.74, 6) is 1.57. The number of nitrogens with one attached hydrogen (secondary N) is 1. The lowest BCUT2D eigenvalue weighted by molar-refractivity contribution is -0.129. The molecule has 1 aromatic carbocycles. The normalized spacial score (nSPS) is 10.6. The van der Waals surface area contributed by atoms with E-state index in [-0.39, 0.29) is 12.5 Å². The molecule has 0 spiro atoms. The summed E-state index contributed by atoms with van der Waals surface area (Å²) in [5.41, 5.74) is 3.00. The van der Waals surface area contributed by atoms with Gasteiger partial charge in [-0.15, -0.1) is 0 Å². The molecule has 0 unspecified atom stereocenters. The molecule has 0 saturated carbocycles. The van der Waals surface area contributed by atoms with Crippen molar-refractivity contribution in [1.82, 2.24) is 14.9 Å². The Balaban J connectivity index is 2.22. The quantitative estimate of drug-likeness (QED) is 0.737. The van der Waals surface area contributed by atoms with E-state index in [0.29, 0.717) is 5.82 Å². The molecule has 0 aliphatic carbocycles. The molecule has 0 radical (unpaired) electrons. The summed E-state index contributed by atoms with van der Waals surface area (Å²) in [6.07, 6.45) is 2.76. The monoisotopic (exact) mass is 354 g/mol. The number of aryl methyl sites for hydroxylation is 1. The molecule has 1 aromatic heterocycles. The van der Waals surface area contributed by atoms with Crippen molar-refractivity contribution in [2.75, 3.05) is 25.0 Å². The van der Waals surface area contributed by atoms with Gasteiger partial charge in [0.1, 0.15) is 5.82 Å². The fraction of sp³-hybridized carbons (Fsp3) is 0.476. The van der Waals surface area contributed by atoms with Crippen LogP contribution >= 0.6 is 0 Å². The first-order valence-electron chi connectivity index (χ1n) is 9.55. The van der Waals surface area contributed by atoms with Crippen LogP contribution in [0.25, 0.3) is 11.4 Å². The predicted octanol–water partition coefficient (Wildman–Crippen LogP) is 4.07. The van der Waals surface area contributed by atoms with Gasteiger partial charge in [-0.2, -0.15) is 0 Å². The van der Waals surface area contributed by atoms with Gasteiger partial charge in [-0.1, -0.05) is 51.1 Å². The minimum absolute atomic E-state index is 0.119. The topological polar surface area (TPSA) is 58.1 Å². The first-order valence-corrected chi connectivity index (χ1v) is 9.55. The molecule has 0 fully saturated rings. The largest absolute Gasteiger partial charge is 0.361 e. The van der Waals surface area contributed by atoms with E-state index in [1.165, 1.54) is 0 Å². The summed E-state index contributed by atoms with van der Waals surface area (Å²) in [4.78, 5) is 23.8. The number of carbonyl (C=O) groups excluding carboxylic acids is 1. The molecule has 26 heavy (non-hydrogen) atoms. The lowest BCUT2D eigenvalue weighted by Gasteiger charge is -2.22. The molecule has 5 heteroatoms. The van der Waals surface area contributed by atoms with Crippen LogP contribution in [0.3, 0.4) is 0 Å². The Morgan fingerprint density at radius 3 is 2.27 bits per heavy atom. The molecule has 0 aliphatic rings. The summed E-state index contributed by atoms with van der Waals surface area (Å²) in [7, 11) is 0. The fourth-order valence-electron chi connectivity index (χ4n) is 3.05. The molecule has 0 atom stereocenters. The number of carbonyl (C=O) groups is 1. The van der Waals surface area contributed by atoms with Crippen molar-refractivity contribution in [2.24, 2.45) is 0 Å². The maximum absolute atomic E-state index is 12.6. The van der Waals surface area contributed by atoms with E-state index in [1.807, 2.05) is 42.2 Å². The molecule has 2 rings (SSSR count). The van der Waals surface area contributed by atoms with Gasteiger partial charge < -0.3 is 10.2 Å². The first kappa shape index (κ1) is 19.9. The number of benzene rings is 1. The summed E-state index contributed by atoms with van der Waals surface area (Å²) in [6.45, 7) is 10.1. The summed E-state index contributed by atoms with van der Waals surface area (Å²) < 4.78 is 0. The van der Waals surface area contributed by atoms with E-state index in [0.717, 1.165) is 55.0 Å². The number of hydrogen-bond acceptors (Lipinski definition) is 4. The van der Waals surface area contributed by atoms with Gasteiger partial charge in [0, 0.05) is 29.9 Å². The highest BCUT2D eigenvalue weighted by molar-refractivity contribution is 5.81. The molecule has 5 nitrogen and oxygen atoms in total. The predicted molar refractivity (Wildman–Crippen MR) is 107 cm³/mol. The average Bonchev–Trinajstić information content (AvgIpc) is 2.66. The van der Waals surface area contributed by atoms with Crippen molar-refractivity contribution in [3.8, 4) is 11.4 Å². The van der Waals surface area contributed by atoms with Gasteiger partial charge in [0.05, 0.1) is 6.54 Å². The van der Waals surface area contributed by atoms with E-state index in [2.05, 4.69) is 31.1 Å². The van der Waals surface area contributed by atoms with Gasteiger partial charge in [-0.05, 0) is 26.2 Å². The number of hydrogen-bond donors (Lipinski definition) is 1. The molecule has 140 valence electrons. The minimum atomic E-state index is 0.119. The zero-order chi connectivity index (χ0) is 18.9. The van der Waals surface area contributed by atoms with Crippen molar-refractivity contribution in [2.45, 2.75) is 47.0 Å². The zero-order valence-electron chi connectivity index (χ0n) is 16.4. The smallest absolute Gasteiger partial charge is 0.241 e. The van der Waals surface area contributed by atoms with Gasteiger partial charge in [0.2, 0.25) is 5.91 Å². The Bertz CT molecular complexity index is 709. The second-order valence-corrected chi connectivity index (χ2v) is 6.41. The van der Waals surface area contributed by atoms with E-state index in [4.69, 9.17) is 4.98 Å². The Labute approximate surface area is 156 Å².